The van der Waals surface area contributed by atoms with Crippen LogP contribution in [0.15, 0.2) is 81.2 Å². The number of halogens is 1. The monoisotopic (exact) mass is 441 g/mol. The van der Waals surface area contributed by atoms with Crippen LogP contribution in [-0.2, 0) is 19.9 Å². The number of hydrogen-bond acceptors (Lipinski definition) is 5. The van der Waals surface area contributed by atoms with Crippen molar-refractivity contribution in [3.63, 3.8) is 0 Å². The van der Waals surface area contributed by atoms with Crippen LogP contribution in [-0.4, -0.2) is 23.4 Å². The normalized spacial score (nSPS) is 13.4. The van der Waals surface area contributed by atoms with Gasteiger partial charge in [0.1, 0.15) is 9.46 Å². The minimum atomic E-state index is -3.88. The summed E-state index contributed by atoms with van der Waals surface area (Å²) >= 11 is 6.90. The summed E-state index contributed by atoms with van der Waals surface area (Å²) in [6, 6.07) is 17.4. The van der Waals surface area contributed by atoms with Crippen LogP contribution in [0.1, 0.15) is 10.8 Å². The molecule has 9 heteroatoms. The summed E-state index contributed by atoms with van der Waals surface area (Å²) < 4.78 is 53.8. The van der Waals surface area contributed by atoms with E-state index in [4.69, 9.17) is 11.6 Å². The summed E-state index contributed by atoms with van der Waals surface area (Å²) in [5.41, 5.74) is 0.518. The van der Waals surface area contributed by atoms with Gasteiger partial charge in [0.05, 0.1) is 4.90 Å². The van der Waals surface area contributed by atoms with Crippen molar-refractivity contribution in [1.29, 1.82) is 0 Å². The highest BCUT2D eigenvalue weighted by Gasteiger charge is 2.31. The smallest absolute Gasteiger partial charge is 0.222 e. The Morgan fingerprint density at radius 3 is 2.15 bits per heavy atom. The molecule has 3 aromatic rings. The lowest BCUT2D eigenvalue weighted by Gasteiger charge is -2.18. The van der Waals surface area contributed by atoms with Crippen molar-refractivity contribution in [2.75, 3.05) is 6.54 Å². The zero-order chi connectivity index (χ0) is 19.5. The van der Waals surface area contributed by atoms with Gasteiger partial charge < -0.3 is 0 Å². The Morgan fingerprint density at radius 2 is 1.56 bits per heavy atom. The molecular formula is C18H16ClNO4S3. The fourth-order valence-electron chi connectivity index (χ4n) is 2.52. The van der Waals surface area contributed by atoms with Crippen molar-refractivity contribution in [2.45, 2.75) is 14.4 Å². The summed E-state index contributed by atoms with van der Waals surface area (Å²) in [6.07, 6.45) is 0. The predicted octanol–water partition coefficient (Wildman–Crippen LogP) is 3.90. The first-order chi connectivity index (χ1) is 12.8. The van der Waals surface area contributed by atoms with E-state index < -0.39 is 25.1 Å². The highest BCUT2D eigenvalue weighted by Crippen LogP contribution is 2.31. The number of hydrogen-bond donors (Lipinski definition) is 1. The Labute approximate surface area is 167 Å². The highest BCUT2D eigenvalue weighted by molar-refractivity contribution is 7.93. The van der Waals surface area contributed by atoms with Gasteiger partial charge in [0.15, 0.2) is 9.84 Å². The largest absolute Gasteiger partial charge is 0.240 e. The Hall–Kier alpha value is -1.71. The molecule has 0 saturated carbocycles. The van der Waals surface area contributed by atoms with E-state index in [2.05, 4.69) is 4.72 Å². The first kappa shape index (κ1) is 20.0. The van der Waals surface area contributed by atoms with Crippen LogP contribution in [0.25, 0.3) is 0 Å². The summed E-state index contributed by atoms with van der Waals surface area (Å²) in [5.74, 6) is 0. The molecule has 142 valence electrons. The summed E-state index contributed by atoms with van der Waals surface area (Å²) in [5, 5.41) is 1.04. The number of thiophene rings is 1. The van der Waals surface area contributed by atoms with Crippen LogP contribution >= 0.6 is 22.9 Å². The van der Waals surface area contributed by atoms with Gasteiger partial charge in [0.25, 0.3) is 0 Å². The first-order valence-electron chi connectivity index (χ1n) is 7.88. The molecule has 5 nitrogen and oxygen atoms in total. The van der Waals surface area contributed by atoms with Crippen molar-refractivity contribution in [3.8, 4) is 0 Å². The first-order valence-corrected chi connectivity index (χ1v) is 12.2. The molecule has 0 radical (unpaired) electrons. The molecule has 0 spiro atoms. The van der Waals surface area contributed by atoms with Gasteiger partial charge in [-0.3, -0.25) is 0 Å². The van der Waals surface area contributed by atoms with Crippen molar-refractivity contribution in [3.05, 3.63) is 82.7 Å². The van der Waals surface area contributed by atoms with Crippen molar-refractivity contribution >= 4 is 42.8 Å². The van der Waals surface area contributed by atoms with Crippen molar-refractivity contribution in [2.24, 2.45) is 0 Å². The molecule has 0 aliphatic heterocycles. The van der Waals surface area contributed by atoms with E-state index in [-0.39, 0.29) is 15.6 Å². The molecule has 1 heterocycles. The minimum absolute atomic E-state index is 0.0206. The Bertz CT molecular complexity index is 1100. The van der Waals surface area contributed by atoms with E-state index in [9.17, 15) is 16.8 Å². The lowest BCUT2D eigenvalue weighted by molar-refractivity contribution is 0.570. The standard InChI is InChI=1S/C18H16ClNO4S3/c19-15-8-10-16(11-9-15)27(23,24)20-13-17(14-5-2-1-3-6-14)26(21,22)18-7-4-12-25-18/h1-12,17,20H,13H2/t17-/m1/s1. The quantitative estimate of drug-likeness (QED) is 0.603. The zero-order valence-corrected chi connectivity index (χ0v) is 17.2. The lowest BCUT2D eigenvalue weighted by atomic mass is 10.1. The average Bonchev–Trinajstić information content (AvgIpc) is 3.18. The van der Waals surface area contributed by atoms with Gasteiger partial charge >= 0.3 is 0 Å². The zero-order valence-electron chi connectivity index (χ0n) is 13.9. The highest BCUT2D eigenvalue weighted by atomic mass is 35.5. The molecule has 0 amide bonds. The van der Waals surface area contributed by atoms with Crippen LogP contribution < -0.4 is 4.72 Å². The van der Waals surface area contributed by atoms with Gasteiger partial charge in [-0.25, -0.2) is 21.6 Å². The third-order valence-electron chi connectivity index (χ3n) is 3.90. The molecule has 1 atom stereocenters. The number of nitrogens with one attached hydrogen (secondary N) is 1. The molecule has 0 aliphatic rings. The maximum Gasteiger partial charge on any atom is 0.240 e. The topological polar surface area (TPSA) is 80.3 Å². The number of sulfonamides is 1. The molecular weight excluding hydrogens is 426 g/mol. The van der Waals surface area contributed by atoms with Crippen molar-refractivity contribution in [1.82, 2.24) is 4.72 Å². The van der Waals surface area contributed by atoms with Crippen molar-refractivity contribution < 1.29 is 16.8 Å². The predicted molar refractivity (Wildman–Crippen MR) is 107 cm³/mol. The Morgan fingerprint density at radius 1 is 0.889 bits per heavy atom. The van der Waals surface area contributed by atoms with E-state index in [0.29, 0.717) is 10.6 Å². The molecule has 1 N–H and O–H groups in total. The van der Waals surface area contributed by atoms with Gasteiger partial charge in [-0.2, -0.15) is 0 Å². The Kier molecular flexibility index (Phi) is 6.02. The van der Waals surface area contributed by atoms with Gasteiger partial charge in [-0.15, -0.1) is 11.3 Å². The second-order valence-electron chi connectivity index (χ2n) is 5.68. The minimum Gasteiger partial charge on any atom is -0.222 e. The van der Waals surface area contributed by atoms with Gasteiger partial charge in [-0.1, -0.05) is 48.0 Å². The fraction of sp³-hybridized carbons (Fsp3) is 0.111. The molecule has 0 unspecified atom stereocenters. The van der Waals surface area contributed by atoms with Crippen LogP contribution in [0.5, 0.6) is 0 Å². The van der Waals surface area contributed by atoms with Crippen LogP contribution in [0.2, 0.25) is 5.02 Å². The number of rotatable bonds is 7. The third-order valence-corrected chi connectivity index (χ3v) is 9.13. The average molecular weight is 442 g/mol. The number of sulfone groups is 1. The van der Waals surface area contributed by atoms with Gasteiger partial charge in [0.2, 0.25) is 10.0 Å². The fourth-order valence-corrected chi connectivity index (χ4v) is 6.67. The summed E-state index contributed by atoms with van der Waals surface area (Å²) in [4.78, 5) is 0.0206. The van der Waals surface area contributed by atoms with Crippen LogP contribution in [0.4, 0.5) is 0 Å². The number of benzene rings is 2. The van der Waals surface area contributed by atoms with E-state index >= 15 is 0 Å². The van der Waals surface area contributed by atoms with E-state index in [1.165, 1.54) is 30.3 Å². The second-order valence-corrected chi connectivity index (χ2v) is 11.2. The second kappa shape index (κ2) is 8.12. The SMILES string of the molecule is O=S(=O)(NC[C@H](c1ccccc1)S(=O)(=O)c1cccs1)c1ccc(Cl)cc1. The summed E-state index contributed by atoms with van der Waals surface area (Å²) in [7, 11) is -7.63. The molecule has 0 fully saturated rings. The van der Waals surface area contributed by atoms with E-state index in [0.717, 1.165) is 11.3 Å². The van der Waals surface area contributed by atoms with Gasteiger partial charge in [-0.05, 0) is 41.3 Å². The lowest BCUT2D eigenvalue weighted by Crippen LogP contribution is -2.31. The van der Waals surface area contributed by atoms with Crippen LogP contribution in [0.3, 0.4) is 0 Å². The molecule has 27 heavy (non-hydrogen) atoms. The maximum absolute atomic E-state index is 13.1. The molecule has 0 aliphatic carbocycles. The Balaban J connectivity index is 1.92. The maximum atomic E-state index is 13.1. The summed E-state index contributed by atoms with van der Waals surface area (Å²) in [6.45, 7) is -0.283. The van der Waals surface area contributed by atoms with Crippen LogP contribution in [0, 0.1) is 0 Å². The van der Waals surface area contributed by atoms with Gasteiger partial charge in [0, 0.05) is 11.6 Å². The third kappa shape index (κ3) is 4.59. The molecule has 3 rings (SSSR count). The molecule has 0 bridgehead atoms. The van der Waals surface area contributed by atoms with E-state index in [1.807, 2.05) is 0 Å². The van der Waals surface area contributed by atoms with E-state index in [1.54, 1.807) is 41.8 Å². The molecule has 0 saturated heterocycles. The molecule has 2 aromatic carbocycles. The molecule has 1 aromatic heterocycles.